The second kappa shape index (κ2) is 9.67. The predicted octanol–water partition coefficient (Wildman–Crippen LogP) is 5.68. The number of rotatable bonds is 6. The molecule has 1 heterocycles. The molecule has 0 aromatic heterocycles. The Bertz CT molecular complexity index is 1250. The Balaban J connectivity index is 1.44. The molecule has 0 saturated carbocycles. The maximum absolute atomic E-state index is 12.8. The van der Waals surface area contributed by atoms with Crippen LogP contribution in [0.1, 0.15) is 15.9 Å². The molecule has 2 N–H and O–H groups in total. The molecule has 1 aliphatic rings. The van der Waals surface area contributed by atoms with E-state index in [1.807, 2.05) is 30.3 Å². The van der Waals surface area contributed by atoms with E-state index in [2.05, 4.69) is 10.6 Å². The van der Waals surface area contributed by atoms with Crippen molar-refractivity contribution < 1.29 is 14.4 Å². The largest absolute Gasteiger partial charge is 0.350 e. The molecule has 0 saturated heterocycles. The zero-order valence-electron chi connectivity index (χ0n) is 16.9. The van der Waals surface area contributed by atoms with Gasteiger partial charge in [0.1, 0.15) is 10.7 Å². The molecule has 0 aliphatic carbocycles. The van der Waals surface area contributed by atoms with E-state index in [0.29, 0.717) is 27.0 Å². The van der Waals surface area contributed by atoms with Crippen molar-refractivity contribution >= 4 is 63.9 Å². The molecular formula is C24H16Cl3N3O3. The van der Waals surface area contributed by atoms with Crippen LogP contribution in [0.4, 0.5) is 11.4 Å². The molecule has 0 atom stereocenters. The average molecular weight is 501 g/mol. The summed E-state index contributed by atoms with van der Waals surface area (Å²) in [5.74, 6) is -1.45. The van der Waals surface area contributed by atoms with E-state index < -0.39 is 11.8 Å². The van der Waals surface area contributed by atoms with Crippen molar-refractivity contribution in [2.45, 2.75) is 6.54 Å². The Morgan fingerprint density at radius 3 is 2.06 bits per heavy atom. The van der Waals surface area contributed by atoms with Gasteiger partial charge in [0.2, 0.25) is 0 Å². The molecule has 0 radical (unpaired) electrons. The summed E-state index contributed by atoms with van der Waals surface area (Å²) in [5, 5.41) is 6.22. The smallest absolute Gasteiger partial charge is 0.279 e. The molecule has 9 heteroatoms. The second-order valence-electron chi connectivity index (χ2n) is 7.19. The average Bonchev–Trinajstić information content (AvgIpc) is 2.98. The van der Waals surface area contributed by atoms with Gasteiger partial charge in [0.15, 0.2) is 0 Å². The Hall–Kier alpha value is -3.32. The van der Waals surface area contributed by atoms with Gasteiger partial charge < -0.3 is 10.6 Å². The lowest BCUT2D eigenvalue weighted by atomic mass is 10.2. The van der Waals surface area contributed by atoms with Gasteiger partial charge in [-0.2, -0.15) is 0 Å². The number of hydrogen-bond donors (Lipinski definition) is 2. The maximum atomic E-state index is 12.8. The van der Waals surface area contributed by atoms with Gasteiger partial charge in [0.05, 0.1) is 6.54 Å². The van der Waals surface area contributed by atoms with Crippen LogP contribution in [0, 0.1) is 0 Å². The van der Waals surface area contributed by atoms with E-state index in [1.165, 1.54) is 0 Å². The first-order valence-corrected chi connectivity index (χ1v) is 10.9. The summed E-state index contributed by atoms with van der Waals surface area (Å²) in [4.78, 5) is 38.9. The molecule has 4 rings (SSSR count). The summed E-state index contributed by atoms with van der Waals surface area (Å²) in [6.45, 7) is 0.118. The van der Waals surface area contributed by atoms with E-state index >= 15 is 0 Å². The topological polar surface area (TPSA) is 78.5 Å². The van der Waals surface area contributed by atoms with Gasteiger partial charge in [-0.15, -0.1) is 0 Å². The Morgan fingerprint density at radius 1 is 0.788 bits per heavy atom. The molecule has 166 valence electrons. The summed E-state index contributed by atoms with van der Waals surface area (Å²) < 4.78 is 0. The molecule has 0 bridgehead atoms. The van der Waals surface area contributed by atoms with E-state index in [9.17, 15) is 14.4 Å². The van der Waals surface area contributed by atoms with E-state index in [4.69, 9.17) is 34.8 Å². The van der Waals surface area contributed by atoms with Crippen LogP contribution in [0.3, 0.4) is 0 Å². The van der Waals surface area contributed by atoms with Crippen LogP contribution in [-0.4, -0.2) is 22.6 Å². The Labute approximate surface area is 204 Å². The highest BCUT2D eigenvalue weighted by Gasteiger charge is 2.37. The molecule has 3 aromatic carbocycles. The number of amides is 3. The van der Waals surface area contributed by atoms with Crippen molar-refractivity contribution in [2.24, 2.45) is 0 Å². The minimum Gasteiger partial charge on any atom is -0.350 e. The number of halogens is 3. The fourth-order valence-corrected chi connectivity index (χ4v) is 4.00. The number of nitrogens with zero attached hydrogens (tertiary/aromatic N) is 1. The van der Waals surface area contributed by atoms with Crippen LogP contribution in [0.25, 0.3) is 0 Å². The van der Waals surface area contributed by atoms with Crippen molar-refractivity contribution in [3.8, 4) is 0 Å². The van der Waals surface area contributed by atoms with Crippen molar-refractivity contribution in [3.05, 3.63) is 105 Å². The Kier molecular flexibility index (Phi) is 6.70. The standard InChI is InChI=1S/C24H16Cl3N3O3/c25-16-10-17(26)12-19(11-16)29-22(31)15-6-8-18(9-7-15)28-21-20(27)23(32)30(24(21)33)13-14-4-2-1-3-5-14/h1-12,28H,13H2,(H,29,31). The number of carbonyl (C=O) groups excluding carboxylic acids is 3. The van der Waals surface area contributed by atoms with Crippen LogP contribution in [0.15, 0.2) is 83.5 Å². The minimum absolute atomic E-state index is 0.0108. The number of imide groups is 1. The van der Waals surface area contributed by atoms with Gasteiger partial charge >= 0.3 is 0 Å². The zero-order valence-corrected chi connectivity index (χ0v) is 19.2. The number of hydrogen-bond acceptors (Lipinski definition) is 4. The number of carbonyl (C=O) groups is 3. The fraction of sp³-hybridized carbons (Fsp3) is 0.0417. The molecule has 33 heavy (non-hydrogen) atoms. The first-order chi connectivity index (χ1) is 15.8. The summed E-state index contributed by atoms with van der Waals surface area (Å²) in [5.41, 5.74) is 2.12. The van der Waals surface area contributed by atoms with Crippen molar-refractivity contribution in [1.29, 1.82) is 0 Å². The van der Waals surface area contributed by atoms with E-state index in [0.717, 1.165) is 10.5 Å². The fourth-order valence-electron chi connectivity index (χ4n) is 3.24. The lowest BCUT2D eigenvalue weighted by Crippen LogP contribution is -2.31. The Morgan fingerprint density at radius 2 is 1.42 bits per heavy atom. The van der Waals surface area contributed by atoms with Gasteiger partial charge in [-0.25, -0.2) is 0 Å². The van der Waals surface area contributed by atoms with Gasteiger partial charge in [-0.3, -0.25) is 19.3 Å². The van der Waals surface area contributed by atoms with E-state index in [1.54, 1.807) is 42.5 Å². The third kappa shape index (κ3) is 5.20. The molecule has 3 aromatic rings. The lowest BCUT2D eigenvalue weighted by molar-refractivity contribution is -0.138. The third-order valence-electron chi connectivity index (χ3n) is 4.83. The van der Waals surface area contributed by atoms with Gasteiger partial charge in [0, 0.05) is 27.0 Å². The number of benzene rings is 3. The van der Waals surface area contributed by atoms with Gasteiger partial charge in [-0.05, 0) is 48.0 Å². The molecule has 6 nitrogen and oxygen atoms in total. The molecule has 0 fully saturated rings. The van der Waals surface area contributed by atoms with Crippen LogP contribution in [-0.2, 0) is 16.1 Å². The lowest BCUT2D eigenvalue weighted by Gasteiger charge is -2.15. The number of nitrogens with one attached hydrogen (secondary N) is 2. The maximum Gasteiger partial charge on any atom is 0.279 e. The summed E-state index contributed by atoms with van der Waals surface area (Å²) >= 11 is 18.1. The van der Waals surface area contributed by atoms with Crippen molar-refractivity contribution in [1.82, 2.24) is 4.90 Å². The second-order valence-corrected chi connectivity index (χ2v) is 8.44. The van der Waals surface area contributed by atoms with Crippen LogP contribution >= 0.6 is 34.8 Å². The van der Waals surface area contributed by atoms with Crippen molar-refractivity contribution in [3.63, 3.8) is 0 Å². The highest BCUT2D eigenvalue weighted by molar-refractivity contribution is 6.48. The van der Waals surface area contributed by atoms with Crippen LogP contribution < -0.4 is 10.6 Å². The summed E-state index contributed by atoms with van der Waals surface area (Å²) in [7, 11) is 0. The molecule has 1 aliphatic heterocycles. The SMILES string of the molecule is O=C(Nc1cc(Cl)cc(Cl)c1)c1ccc(NC2=C(Cl)C(=O)N(Cc3ccccc3)C2=O)cc1. The molecule has 3 amide bonds. The highest BCUT2D eigenvalue weighted by atomic mass is 35.5. The monoisotopic (exact) mass is 499 g/mol. The quantitative estimate of drug-likeness (QED) is 0.427. The summed E-state index contributed by atoms with van der Waals surface area (Å²) in [6, 6.07) is 20.2. The molecular weight excluding hydrogens is 485 g/mol. The van der Waals surface area contributed by atoms with Crippen LogP contribution in [0.5, 0.6) is 0 Å². The predicted molar refractivity (Wildman–Crippen MR) is 129 cm³/mol. The zero-order chi connectivity index (χ0) is 23.5. The highest BCUT2D eigenvalue weighted by Crippen LogP contribution is 2.27. The van der Waals surface area contributed by atoms with E-state index in [-0.39, 0.29) is 23.2 Å². The molecule has 0 unspecified atom stereocenters. The van der Waals surface area contributed by atoms with Crippen molar-refractivity contribution in [2.75, 3.05) is 10.6 Å². The summed E-state index contributed by atoms with van der Waals surface area (Å²) in [6.07, 6.45) is 0. The first kappa shape index (κ1) is 22.9. The van der Waals surface area contributed by atoms with Crippen LogP contribution in [0.2, 0.25) is 10.0 Å². The minimum atomic E-state index is -0.566. The third-order valence-corrected chi connectivity index (χ3v) is 5.62. The van der Waals surface area contributed by atoms with Gasteiger partial charge in [-0.1, -0.05) is 65.1 Å². The molecule has 0 spiro atoms. The first-order valence-electron chi connectivity index (χ1n) is 9.76. The number of anilines is 2. The normalized spacial score (nSPS) is 13.5. The van der Waals surface area contributed by atoms with Gasteiger partial charge in [0.25, 0.3) is 17.7 Å².